The quantitative estimate of drug-likeness (QED) is 0.556. The fourth-order valence-electron chi connectivity index (χ4n) is 2.52. The standard InChI is InChI=1S/C16H21F2N5O4/c1-20-16(26)22-11(7-19)15(25)21-9-2-3-12(10(6-9)14(17)18)23-4-5-27-8-13(23)24/h2-3,6,11,14H,4-5,7-8,19H2,1H3,(H,21,25)(H2,20,22,26)/t11-/m0/s1. The van der Waals surface area contributed by atoms with Crippen LogP contribution in [0.2, 0.25) is 0 Å². The fraction of sp³-hybridized carbons (Fsp3) is 0.438. The Hall–Kier alpha value is -2.79. The number of carbonyl (C=O) groups is 3. The molecule has 1 aliphatic rings. The van der Waals surface area contributed by atoms with Crippen LogP contribution in [-0.4, -0.2) is 57.2 Å². The second-order valence-electron chi connectivity index (χ2n) is 5.67. The summed E-state index contributed by atoms with van der Waals surface area (Å²) in [6, 6.07) is 2.18. The minimum atomic E-state index is -2.86. The molecule has 1 heterocycles. The number of alkyl halides is 2. The second-order valence-corrected chi connectivity index (χ2v) is 5.67. The molecule has 0 radical (unpaired) electrons. The zero-order valence-corrected chi connectivity index (χ0v) is 14.6. The lowest BCUT2D eigenvalue weighted by Crippen LogP contribution is -2.50. The predicted octanol–water partition coefficient (Wildman–Crippen LogP) is 0.182. The SMILES string of the molecule is CNC(=O)N[C@@H](CN)C(=O)Nc1ccc(N2CCOCC2=O)c(C(F)F)c1. The van der Waals surface area contributed by atoms with Crippen molar-refractivity contribution in [3.63, 3.8) is 0 Å². The summed E-state index contributed by atoms with van der Waals surface area (Å²) in [5, 5.41) is 7.06. The Morgan fingerprint density at radius 3 is 2.70 bits per heavy atom. The summed E-state index contributed by atoms with van der Waals surface area (Å²) in [7, 11) is 1.38. The van der Waals surface area contributed by atoms with E-state index in [0.29, 0.717) is 0 Å². The second kappa shape index (κ2) is 9.24. The number of rotatable bonds is 6. The number of morpholine rings is 1. The Kier molecular flexibility index (Phi) is 7.02. The molecule has 1 aromatic carbocycles. The van der Waals surface area contributed by atoms with E-state index in [9.17, 15) is 23.2 Å². The van der Waals surface area contributed by atoms with E-state index in [0.717, 1.165) is 6.07 Å². The molecule has 1 saturated heterocycles. The van der Waals surface area contributed by atoms with Crippen LogP contribution in [0.3, 0.4) is 0 Å². The van der Waals surface area contributed by atoms with E-state index >= 15 is 0 Å². The number of nitrogens with zero attached hydrogens (tertiary/aromatic N) is 1. The van der Waals surface area contributed by atoms with Gasteiger partial charge in [-0.2, -0.15) is 0 Å². The molecule has 4 amide bonds. The van der Waals surface area contributed by atoms with Crippen LogP contribution in [-0.2, 0) is 14.3 Å². The first-order valence-electron chi connectivity index (χ1n) is 8.16. The highest BCUT2D eigenvalue weighted by molar-refractivity contribution is 5.99. The summed E-state index contributed by atoms with van der Waals surface area (Å²) in [6.07, 6.45) is -2.86. The first kappa shape index (κ1) is 20.5. The van der Waals surface area contributed by atoms with Crippen LogP contribution in [0.15, 0.2) is 18.2 Å². The van der Waals surface area contributed by atoms with Gasteiger partial charge in [-0.15, -0.1) is 0 Å². The molecule has 0 aromatic heterocycles. The molecule has 0 bridgehead atoms. The van der Waals surface area contributed by atoms with Crippen molar-refractivity contribution in [2.24, 2.45) is 5.73 Å². The summed E-state index contributed by atoms with van der Waals surface area (Å²) < 4.78 is 32.0. The molecule has 1 aromatic rings. The third kappa shape index (κ3) is 5.11. The van der Waals surface area contributed by atoms with Crippen molar-refractivity contribution >= 4 is 29.2 Å². The molecule has 5 N–H and O–H groups in total. The number of carbonyl (C=O) groups excluding carboxylic acids is 3. The number of halogens is 2. The largest absolute Gasteiger partial charge is 0.370 e. The van der Waals surface area contributed by atoms with Crippen LogP contribution < -0.4 is 26.6 Å². The molecule has 0 unspecified atom stereocenters. The van der Waals surface area contributed by atoms with E-state index in [1.807, 2.05) is 0 Å². The van der Waals surface area contributed by atoms with Crippen molar-refractivity contribution < 1.29 is 27.9 Å². The molecule has 2 rings (SSSR count). The van der Waals surface area contributed by atoms with Crippen LogP contribution in [0, 0.1) is 0 Å². The molecule has 11 heteroatoms. The van der Waals surface area contributed by atoms with E-state index in [1.54, 1.807) is 0 Å². The van der Waals surface area contributed by atoms with Gasteiger partial charge in [0, 0.05) is 31.4 Å². The molecule has 1 aliphatic heterocycles. The summed E-state index contributed by atoms with van der Waals surface area (Å²) in [5.41, 5.74) is 5.23. The van der Waals surface area contributed by atoms with Crippen LogP contribution in [0.1, 0.15) is 12.0 Å². The third-order valence-electron chi connectivity index (χ3n) is 3.89. The van der Waals surface area contributed by atoms with Crippen molar-refractivity contribution in [2.75, 3.05) is 43.6 Å². The molecular weight excluding hydrogens is 364 g/mol. The van der Waals surface area contributed by atoms with E-state index in [-0.39, 0.29) is 37.7 Å². The van der Waals surface area contributed by atoms with Crippen molar-refractivity contribution in [3.8, 4) is 0 Å². The smallest absolute Gasteiger partial charge is 0.315 e. The molecule has 0 saturated carbocycles. The van der Waals surface area contributed by atoms with Gasteiger partial charge in [0.25, 0.3) is 12.3 Å². The number of ether oxygens (including phenoxy) is 1. The summed E-state index contributed by atoms with van der Waals surface area (Å²) in [4.78, 5) is 36.7. The van der Waals surface area contributed by atoms with Gasteiger partial charge in [-0.05, 0) is 18.2 Å². The topological polar surface area (TPSA) is 126 Å². The highest BCUT2D eigenvalue weighted by Crippen LogP contribution is 2.33. The minimum absolute atomic E-state index is 0.0650. The number of amides is 4. The maximum absolute atomic E-state index is 13.5. The van der Waals surface area contributed by atoms with Crippen LogP contribution >= 0.6 is 0 Å². The van der Waals surface area contributed by atoms with Crippen LogP contribution in [0.25, 0.3) is 0 Å². The zero-order chi connectivity index (χ0) is 20.0. The van der Waals surface area contributed by atoms with Gasteiger partial charge in [0.2, 0.25) is 5.91 Å². The normalized spacial score (nSPS) is 15.4. The fourth-order valence-corrected chi connectivity index (χ4v) is 2.52. The van der Waals surface area contributed by atoms with Gasteiger partial charge in [0.15, 0.2) is 0 Å². The van der Waals surface area contributed by atoms with Gasteiger partial charge in [-0.1, -0.05) is 0 Å². The van der Waals surface area contributed by atoms with E-state index in [4.69, 9.17) is 10.5 Å². The lowest BCUT2D eigenvalue weighted by Gasteiger charge is -2.29. The van der Waals surface area contributed by atoms with Gasteiger partial charge in [-0.25, -0.2) is 13.6 Å². The highest BCUT2D eigenvalue weighted by atomic mass is 19.3. The van der Waals surface area contributed by atoms with E-state index in [1.165, 1.54) is 24.1 Å². The van der Waals surface area contributed by atoms with Crippen LogP contribution in [0.4, 0.5) is 25.0 Å². The monoisotopic (exact) mass is 385 g/mol. The zero-order valence-electron chi connectivity index (χ0n) is 14.6. The maximum atomic E-state index is 13.5. The number of benzene rings is 1. The first-order chi connectivity index (χ1) is 12.9. The van der Waals surface area contributed by atoms with Gasteiger partial charge in [0.1, 0.15) is 12.6 Å². The third-order valence-corrected chi connectivity index (χ3v) is 3.89. The Morgan fingerprint density at radius 1 is 1.37 bits per heavy atom. The van der Waals surface area contributed by atoms with E-state index < -0.39 is 35.9 Å². The van der Waals surface area contributed by atoms with Crippen molar-refractivity contribution in [2.45, 2.75) is 12.5 Å². The average molecular weight is 385 g/mol. The van der Waals surface area contributed by atoms with Crippen LogP contribution in [0.5, 0.6) is 0 Å². The predicted molar refractivity (Wildman–Crippen MR) is 93.6 cm³/mol. The Morgan fingerprint density at radius 2 is 2.11 bits per heavy atom. The van der Waals surface area contributed by atoms with Gasteiger partial charge < -0.3 is 31.3 Å². The highest BCUT2D eigenvalue weighted by Gasteiger charge is 2.26. The lowest BCUT2D eigenvalue weighted by atomic mass is 10.1. The number of nitrogens with one attached hydrogen (secondary N) is 3. The molecule has 148 valence electrons. The van der Waals surface area contributed by atoms with Gasteiger partial charge >= 0.3 is 6.03 Å². The summed E-state index contributed by atoms with van der Waals surface area (Å²) in [5.74, 6) is -1.07. The maximum Gasteiger partial charge on any atom is 0.315 e. The Labute approximate surface area is 154 Å². The summed E-state index contributed by atoms with van der Waals surface area (Å²) >= 11 is 0. The van der Waals surface area contributed by atoms with Gasteiger partial charge in [0.05, 0.1) is 12.3 Å². The lowest BCUT2D eigenvalue weighted by molar-refractivity contribution is -0.125. The first-order valence-corrected chi connectivity index (χ1v) is 8.16. The molecular formula is C16H21F2N5O4. The molecule has 1 atom stereocenters. The number of hydrogen-bond donors (Lipinski definition) is 4. The van der Waals surface area contributed by atoms with Crippen molar-refractivity contribution in [3.05, 3.63) is 23.8 Å². The Balaban J connectivity index is 2.21. The van der Waals surface area contributed by atoms with Crippen molar-refractivity contribution in [1.29, 1.82) is 0 Å². The number of anilines is 2. The van der Waals surface area contributed by atoms with Gasteiger partial charge in [-0.3, -0.25) is 9.59 Å². The number of urea groups is 1. The Bertz CT molecular complexity index is 716. The molecule has 0 aliphatic carbocycles. The van der Waals surface area contributed by atoms with Crippen molar-refractivity contribution in [1.82, 2.24) is 10.6 Å². The molecule has 0 spiro atoms. The minimum Gasteiger partial charge on any atom is -0.370 e. The van der Waals surface area contributed by atoms with E-state index in [2.05, 4.69) is 16.0 Å². The number of nitrogens with two attached hydrogens (primary N) is 1. The number of hydrogen-bond acceptors (Lipinski definition) is 5. The average Bonchev–Trinajstić information content (AvgIpc) is 2.66. The molecule has 9 nitrogen and oxygen atoms in total. The summed E-state index contributed by atoms with van der Waals surface area (Å²) in [6.45, 7) is 0.0532. The molecule has 27 heavy (non-hydrogen) atoms. The molecule has 1 fully saturated rings.